The average Bonchev–Trinajstić information content (AvgIpc) is 2.72. The summed E-state index contributed by atoms with van der Waals surface area (Å²) >= 11 is 0. The number of nitrogens with one attached hydrogen (secondary N) is 1. The molecular weight excluding hydrogens is 264 g/mol. The lowest BCUT2D eigenvalue weighted by molar-refractivity contribution is 0.108. The Labute approximate surface area is 114 Å². The molecular formula is C13H20N2O3S. The molecule has 2 unspecified atom stereocenters. The number of anilines is 2. The number of sulfone groups is 1. The van der Waals surface area contributed by atoms with Gasteiger partial charge >= 0.3 is 0 Å². The van der Waals surface area contributed by atoms with Gasteiger partial charge in [0, 0.05) is 25.3 Å². The molecule has 0 bridgehead atoms. The SMILES string of the molecule is CC1OCCC1CNc1cccc(S(C)(=O)=O)c1N. The van der Waals surface area contributed by atoms with Crippen LogP contribution in [0.3, 0.4) is 0 Å². The first-order chi connectivity index (χ1) is 8.89. The molecule has 2 atom stereocenters. The van der Waals surface area contributed by atoms with Gasteiger partial charge in [0.2, 0.25) is 0 Å². The Kier molecular flexibility index (Phi) is 4.01. The zero-order valence-corrected chi connectivity index (χ0v) is 12.0. The quantitative estimate of drug-likeness (QED) is 0.819. The highest BCUT2D eigenvalue weighted by Gasteiger charge is 2.24. The minimum Gasteiger partial charge on any atom is -0.396 e. The molecule has 0 spiro atoms. The zero-order chi connectivity index (χ0) is 14.0. The first kappa shape index (κ1) is 14.1. The molecule has 106 valence electrons. The minimum atomic E-state index is -3.29. The fourth-order valence-corrected chi connectivity index (χ4v) is 3.14. The second kappa shape index (κ2) is 5.38. The van der Waals surface area contributed by atoms with E-state index in [0.717, 1.165) is 25.8 Å². The lowest BCUT2D eigenvalue weighted by atomic mass is 10.0. The van der Waals surface area contributed by atoms with Gasteiger partial charge in [-0.2, -0.15) is 0 Å². The molecule has 0 saturated carbocycles. The van der Waals surface area contributed by atoms with Crippen LogP contribution in [0.15, 0.2) is 23.1 Å². The van der Waals surface area contributed by atoms with Gasteiger partial charge in [-0.15, -0.1) is 0 Å². The van der Waals surface area contributed by atoms with E-state index in [0.29, 0.717) is 11.6 Å². The van der Waals surface area contributed by atoms with Crippen LogP contribution in [0.25, 0.3) is 0 Å². The Morgan fingerprint density at radius 3 is 2.79 bits per heavy atom. The van der Waals surface area contributed by atoms with Crippen LogP contribution in [0.4, 0.5) is 11.4 Å². The monoisotopic (exact) mass is 284 g/mol. The minimum absolute atomic E-state index is 0.174. The Morgan fingerprint density at radius 1 is 1.47 bits per heavy atom. The van der Waals surface area contributed by atoms with Gasteiger partial charge in [-0.3, -0.25) is 0 Å². The molecule has 1 aliphatic heterocycles. The third kappa shape index (κ3) is 3.19. The number of hydrogen-bond donors (Lipinski definition) is 2. The van der Waals surface area contributed by atoms with Crippen molar-refractivity contribution in [1.29, 1.82) is 0 Å². The van der Waals surface area contributed by atoms with Crippen molar-refractivity contribution in [1.82, 2.24) is 0 Å². The number of hydrogen-bond acceptors (Lipinski definition) is 5. The van der Waals surface area contributed by atoms with Crippen LogP contribution in [-0.4, -0.2) is 33.9 Å². The van der Waals surface area contributed by atoms with E-state index in [1.165, 1.54) is 6.07 Å². The van der Waals surface area contributed by atoms with Gasteiger partial charge in [-0.25, -0.2) is 8.42 Å². The fraction of sp³-hybridized carbons (Fsp3) is 0.538. The maximum absolute atomic E-state index is 11.6. The molecule has 1 aromatic rings. The Bertz CT molecular complexity index is 557. The second-order valence-electron chi connectivity index (χ2n) is 5.00. The number of benzene rings is 1. The Balaban J connectivity index is 2.13. The molecule has 19 heavy (non-hydrogen) atoms. The van der Waals surface area contributed by atoms with Crippen LogP contribution in [0.1, 0.15) is 13.3 Å². The molecule has 5 nitrogen and oxygen atoms in total. The zero-order valence-electron chi connectivity index (χ0n) is 11.2. The van der Waals surface area contributed by atoms with E-state index < -0.39 is 9.84 Å². The van der Waals surface area contributed by atoms with Gasteiger partial charge in [-0.05, 0) is 25.5 Å². The van der Waals surface area contributed by atoms with Crippen LogP contribution >= 0.6 is 0 Å². The highest BCUT2D eigenvalue weighted by molar-refractivity contribution is 7.90. The lowest BCUT2D eigenvalue weighted by Gasteiger charge is -2.17. The van der Waals surface area contributed by atoms with Crippen molar-refractivity contribution in [2.45, 2.75) is 24.3 Å². The summed E-state index contributed by atoms with van der Waals surface area (Å²) in [7, 11) is -3.29. The van der Waals surface area contributed by atoms with Gasteiger partial charge < -0.3 is 15.8 Å². The standard InChI is InChI=1S/C13H20N2O3S/c1-9-10(6-7-18-9)8-15-11-4-3-5-12(13(11)14)19(2,16)17/h3-5,9-10,15H,6-8,14H2,1-2H3. The van der Waals surface area contributed by atoms with Gasteiger partial charge in [0.1, 0.15) is 0 Å². The molecule has 1 fully saturated rings. The number of rotatable bonds is 4. The van der Waals surface area contributed by atoms with Crippen LogP contribution < -0.4 is 11.1 Å². The van der Waals surface area contributed by atoms with Crippen molar-refractivity contribution >= 4 is 21.2 Å². The van der Waals surface area contributed by atoms with Crippen molar-refractivity contribution in [3.05, 3.63) is 18.2 Å². The van der Waals surface area contributed by atoms with Crippen molar-refractivity contribution < 1.29 is 13.2 Å². The molecule has 1 aliphatic rings. The average molecular weight is 284 g/mol. The Hall–Kier alpha value is -1.27. The van der Waals surface area contributed by atoms with Crippen molar-refractivity contribution in [3.63, 3.8) is 0 Å². The smallest absolute Gasteiger partial charge is 0.177 e. The predicted molar refractivity (Wildman–Crippen MR) is 76.0 cm³/mol. The van der Waals surface area contributed by atoms with Gasteiger partial charge in [0.15, 0.2) is 9.84 Å². The summed E-state index contributed by atoms with van der Waals surface area (Å²) in [5, 5.41) is 3.23. The molecule has 0 aliphatic carbocycles. The summed E-state index contributed by atoms with van der Waals surface area (Å²) in [6.45, 7) is 3.57. The first-order valence-electron chi connectivity index (χ1n) is 6.33. The predicted octanol–water partition coefficient (Wildman–Crippen LogP) is 1.51. The van der Waals surface area contributed by atoms with Crippen molar-refractivity contribution in [2.24, 2.45) is 5.92 Å². The topological polar surface area (TPSA) is 81.4 Å². The van der Waals surface area contributed by atoms with Crippen LogP contribution in [0, 0.1) is 5.92 Å². The number of nitrogen functional groups attached to an aromatic ring is 1. The van der Waals surface area contributed by atoms with Gasteiger partial charge in [0.05, 0.1) is 22.4 Å². The molecule has 0 amide bonds. The third-order valence-electron chi connectivity index (χ3n) is 3.55. The molecule has 2 rings (SSSR count). The maximum atomic E-state index is 11.6. The summed E-state index contributed by atoms with van der Waals surface area (Å²) in [5.41, 5.74) is 6.87. The van der Waals surface area contributed by atoms with E-state index in [1.807, 2.05) is 0 Å². The summed E-state index contributed by atoms with van der Waals surface area (Å²) in [6, 6.07) is 5.02. The molecule has 0 radical (unpaired) electrons. The fourth-order valence-electron chi connectivity index (χ4n) is 2.31. The second-order valence-corrected chi connectivity index (χ2v) is 6.98. The highest BCUT2D eigenvalue weighted by atomic mass is 32.2. The number of nitrogens with two attached hydrogens (primary N) is 1. The summed E-state index contributed by atoms with van der Waals surface area (Å²) in [6.07, 6.45) is 2.40. The van der Waals surface area contributed by atoms with Crippen LogP contribution in [0.2, 0.25) is 0 Å². The van der Waals surface area contributed by atoms with Gasteiger partial charge in [0.25, 0.3) is 0 Å². The van der Waals surface area contributed by atoms with E-state index in [-0.39, 0.29) is 16.7 Å². The maximum Gasteiger partial charge on any atom is 0.177 e. The van der Waals surface area contributed by atoms with E-state index >= 15 is 0 Å². The van der Waals surface area contributed by atoms with Crippen LogP contribution in [0.5, 0.6) is 0 Å². The van der Waals surface area contributed by atoms with Crippen LogP contribution in [-0.2, 0) is 14.6 Å². The molecule has 6 heteroatoms. The molecule has 1 saturated heterocycles. The largest absolute Gasteiger partial charge is 0.396 e. The third-order valence-corrected chi connectivity index (χ3v) is 4.71. The summed E-state index contributed by atoms with van der Waals surface area (Å²) in [5.74, 6) is 0.432. The summed E-state index contributed by atoms with van der Waals surface area (Å²) in [4.78, 5) is 0.174. The molecule has 1 aromatic carbocycles. The van der Waals surface area contributed by atoms with E-state index in [2.05, 4.69) is 12.2 Å². The first-order valence-corrected chi connectivity index (χ1v) is 8.22. The number of ether oxygens (including phenoxy) is 1. The molecule has 0 aromatic heterocycles. The van der Waals surface area contributed by atoms with Gasteiger partial charge in [-0.1, -0.05) is 6.07 Å². The summed E-state index contributed by atoms with van der Waals surface area (Å²) < 4.78 is 28.7. The number of para-hydroxylation sites is 1. The highest BCUT2D eigenvalue weighted by Crippen LogP contribution is 2.28. The molecule has 1 heterocycles. The lowest BCUT2D eigenvalue weighted by Crippen LogP contribution is -2.21. The molecule has 3 N–H and O–H groups in total. The normalized spacial score (nSPS) is 23.5. The van der Waals surface area contributed by atoms with Crippen molar-refractivity contribution in [2.75, 3.05) is 30.5 Å². The van der Waals surface area contributed by atoms with E-state index in [9.17, 15) is 8.42 Å². The Morgan fingerprint density at radius 2 is 2.21 bits per heavy atom. The van der Waals surface area contributed by atoms with E-state index in [1.54, 1.807) is 12.1 Å². The van der Waals surface area contributed by atoms with E-state index in [4.69, 9.17) is 10.5 Å². The van der Waals surface area contributed by atoms with Crippen molar-refractivity contribution in [3.8, 4) is 0 Å².